The van der Waals surface area contributed by atoms with Crippen molar-refractivity contribution in [1.29, 1.82) is 0 Å². The summed E-state index contributed by atoms with van der Waals surface area (Å²) >= 11 is 0. The van der Waals surface area contributed by atoms with Crippen LogP contribution in [0.2, 0.25) is 0 Å². The van der Waals surface area contributed by atoms with Crippen LogP contribution in [-0.4, -0.2) is 24.3 Å². The van der Waals surface area contributed by atoms with Crippen LogP contribution in [0.3, 0.4) is 0 Å². The Morgan fingerprint density at radius 2 is 1.89 bits per heavy atom. The Bertz CT molecular complexity index is 278. The first-order valence-electron chi connectivity index (χ1n) is 7.54. The van der Waals surface area contributed by atoms with Gasteiger partial charge in [0.1, 0.15) is 5.60 Å². The second kappa shape index (κ2) is 7.13. The van der Waals surface area contributed by atoms with Gasteiger partial charge in [0.05, 0.1) is 0 Å². The zero-order valence-corrected chi connectivity index (χ0v) is 12.9. The fraction of sp³-hybridized carbons (Fsp3) is 0.933. The zero-order chi connectivity index (χ0) is 14.5. The first kappa shape index (κ1) is 16.3. The van der Waals surface area contributed by atoms with Crippen molar-refractivity contribution in [2.24, 2.45) is 17.6 Å². The maximum Gasteiger partial charge on any atom is 0.407 e. The molecule has 19 heavy (non-hydrogen) atoms. The van der Waals surface area contributed by atoms with Crippen LogP contribution < -0.4 is 11.1 Å². The molecule has 3 N–H and O–H groups in total. The third-order valence-electron chi connectivity index (χ3n) is 3.96. The predicted molar refractivity (Wildman–Crippen MR) is 78.0 cm³/mol. The Morgan fingerprint density at radius 3 is 2.37 bits per heavy atom. The van der Waals surface area contributed by atoms with E-state index < -0.39 is 5.60 Å². The number of nitrogens with two attached hydrogens (primary N) is 1. The fourth-order valence-electron chi connectivity index (χ4n) is 2.71. The SMILES string of the molecule is CCC1CCC(C(N)CNC(=O)OC(C)(C)C)CC1. The number of carbonyl (C=O) groups excluding carboxylic acids is 1. The van der Waals surface area contributed by atoms with Crippen LogP contribution in [0.25, 0.3) is 0 Å². The molecule has 0 aliphatic heterocycles. The number of ether oxygens (including phenoxy) is 1. The quantitative estimate of drug-likeness (QED) is 0.825. The second-order valence-corrected chi connectivity index (χ2v) is 6.74. The molecule has 1 rings (SSSR count). The highest BCUT2D eigenvalue weighted by atomic mass is 16.6. The first-order chi connectivity index (χ1) is 8.81. The molecule has 0 saturated heterocycles. The summed E-state index contributed by atoms with van der Waals surface area (Å²) in [5.74, 6) is 1.42. The third kappa shape index (κ3) is 6.28. The molecular formula is C15H30N2O2. The number of nitrogens with one attached hydrogen (secondary N) is 1. The van der Waals surface area contributed by atoms with Gasteiger partial charge in [-0.05, 0) is 45.4 Å². The molecular weight excluding hydrogens is 240 g/mol. The molecule has 1 fully saturated rings. The maximum atomic E-state index is 11.6. The van der Waals surface area contributed by atoms with Gasteiger partial charge in [0.2, 0.25) is 0 Å². The van der Waals surface area contributed by atoms with E-state index in [1.807, 2.05) is 20.8 Å². The van der Waals surface area contributed by atoms with E-state index >= 15 is 0 Å². The van der Waals surface area contributed by atoms with Crippen molar-refractivity contribution in [3.05, 3.63) is 0 Å². The molecule has 112 valence electrons. The number of rotatable bonds is 4. The number of amides is 1. The molecule has 4 heteroatoms. The fourth-order valence-corrected chi connectivity index (χ4v) is 2.71. The van der Waals surface area contributed by atoms with Crippen molar-refractivity contribution in [2.75, 3.05) is 6.54 Å². The minimum atomic E-state index is -0.451. The largest absolute Gasteiger partial charge is 0.444 e. The summed E-state index contributed by atoms with van der Waals surface area (Å²) in [4.78, 5) is 11.6. The van der Waals surface area contributed by atoms with E-state index in [0.29, 0.717) is 12.5 Å². The number of hydrogen-bond donors (Lipinski definition) is 2. The highest BCUT2D eigenvalue weighted by Crippen LogP contribution is 2.31. The van der Waals surface area contributed by atoms with Crippen LogP contribution in [0.15, 0.2) is 0 Å². The summed E-state index contributed by atoms with van der Waals surface area (Å²) in [6, 6.07) is 0.0466. The van der Waals surface area contributed by atoms with Gasteiger partial charge in [-0.15, -0.1) is 0 Å². The minimum absolute atomic E-state index is 0.0466. The molecule has 1 aliphatic carbocycles. The molecule has 0 bridgehead atoms. The molecule has 0 aromatic carbocycles. The van der Waals surface area contributed by atoms with Crippen LogP contribution in [0.1, 0.15) is 59.8 Å². The normalized spacial score (nSPS) is 25.7. The molecule has 4 nitrogen and oxygen atoms in total. The van der Waals surface area contributed by atoms with Crippen molar-refractivity contribution >= 4 is 6.09 Å². The third-order valence-corrected chi connectivity index (χ3v) is 3.96. The highest BCUT2D eigenvalue weighted by molar-refractivity contribution is 5.67. The minimum Gasteiger partial charge on any atom is -0.444 e. The zero-order valence-electron chi connectivity index (χ0n) is 12.9. The van der Waals surface area contributed by atoms with Crippen LogP contribution in [0.4, 0.5) is 4.79 Å². The van der Waals surface area contributed by atoms with E-state index in [2.05, 4.69) is 12.2 Å². The van der Waals surface area contributed by atoms with Crippen molar-refractivity contribution in [3.63, 3.8) is 0 Å². The van der Waals surface area contributed by atoms with Crippen molar-refractivity contribution < 1.29 is 9.53 Å². The van der Waals surface area contributed by atoms with Crippen LogP contribution in [0.5, 0.6) is 0 Å². The van der Waals surface area contributed by atoms with E-state index in [0.717, 1.165) is 5.92 Å². The topological polar surface area (TPSA) is 64.3 Å². The molecule has 0 aromatic heterocycles. The Balaban J connectivity index is 2.24. The van der Waals surface area contributed by atoms with Gasteiger partial charge in [-0.3, -0.25) is 0 Å². The summed E-state index contributed by atoms with van der Waals surface area (Å²) in [6.07, 6.45) is 5.84. The molecule has 0 heterocycles. The lowest BCUT2D eigenvalue weighted by Gasteiger charge is -2.32. The Labute approximate surface area is 117 Å². The van der Waals surface area contributed by atoms with Gasteiger partial charge in [0.25, 0.3) is 0 Å². The molecule has 0 radical (unpaired) electrons. The van der Waals surface area contributed by atoms with E-state index in [-0.39, 0.29) is 12.1 Å². The molecule has 1 unspecified atom stereocenters. The Hall–Kier alpha value is -0.770. The monoisotopic (exact) mass is 270 g/mol. The van der Waals surface area contributed by atoms with Gasteiger partial charge < -0.3 is 15.8 Å². The molecule has 0 spiro atoms. The Morgan fingerprint density at radius 1 is 1.32 bits per heavy atom. The van der Waals surface area contributed by atoms with Crippen LogP contribution in [-0.2, 0) is 4.74 Å². The van der Waals surface area contributed by atoms with E-state index in [1.165, 1.54) is 32.1 Å². The highest BCUT2D eigenvalue weighted by Gasteiger charge is 2.25. The maximum absolute atomic E-state index is 11.6. The lowest BCUT2D eigenvalue weighted by molar-refractivity contribution is 0.0518. The smallest absolute Gasteiger partial charge is 0.407 e. The summed E-state index contributed by atoms with van der Waals surface area (Å²) < 4.78 is 5.20. The number of hydrogen-bond acceptors (Lipinski definition) is 3. The summed E-state index contributed by atoms with van der Waals surface area (Å²) in [5, 5.41) is 2.78. The summed E-state index contributed by atoms with van der Waals surface area (Å²) in [5.41, 5.74) is 5.73. The average Bonchev–Trinajstić information content (AvgIpc) is 2.34. The van der Waals surface area contributed by atoms with Crippen LogP contribution in [0, 0.1) is 11.8 Å². The van der Waals surface area contributed by atoms with E-state index in [9.17, 15) is 4.79 Å². The number of carbonyl (C=O) groups is 1. The van der Waals surface area contributed by atoms with Gasteiger partial charge in [-0.2, -0.15) is 0 Å². The lowest BCUT2D eigenvalue weighted by atomic mass is 9.78. The van der Waals surface area contributed by atoms with E-state index in [1.54, 1.807) is 0 Å². The predicted octanol–water partition coefficient (Wildman–Crippen LogP) is 3.05. The van der Waals surface area contributed by atoms with Crippen molar-refractivity contribution in [3.8, 4) is 0 Å². The molecule has 1 amide bonds. The lowest BCUT2D eigenvalue weighted by Crippen LogP contribution is -2.44. The summed E-state index contributed by atoms with van der Waals surface area (Å²) in [7, 11) is 0. The van der Waals surface area contributed by atoms with Gasteiger partial charge in [0, 0.05) is 12.6 Å². The van der Waals surface area contributed by atoms with Gasteiger partial charge >= 0.3 is 6.09 Å². The van der Waals surface area contributed by atoms with Gasteiger partial charge in [0.15, 0.2) is 0 Å². The standard InChI is InChI=1S/C15H30N2O2/c1-5-11-6-8-12(9-7-11)13(16)10-17-14(18)19-15(2,3)4/h11-13H,5-10,16H2,1-4H3,(H,17,18). The van der Waals surface area contributed by atoms with Gasteiger partial charge in [-0.25, -0.2) is 4.79 Å². The van der Waals surface area contributed by atoms with Crippen LogP contribution >= 0.6 is 0 Å². The average molecular weight is 270 g/mol. The molecule has 1 saturated carbocycles. The van der Waals surface area contributed by atoms with Crippen molar-refractivity contribution in [1.82, 2.24) is 5.32 Å². The first-order valence-corrected chi connectivity index (χ1v) is 7.54. The number of alkyl carbamates (subject to hydrolysis) is 1. The van der Waals surface area contributed by atoms with Gasteiger partial charge in [-0.1, -0.05) is 26.2 Å². The Kier molecular flexibility index (Phi) is 6.11. The van der Waals surface area contributed by atoms with E-state index in [4.69, 9.17) is 10.5 Å². The molecule has 0 aromatic rings. The van der Waals surface area contributed by atoms with Crippen molar-refractivity contribution in [2.45, 2.75) is 71.4 Å². The molecule has 1 atom stereocenters. The molecule has 1 aliphatic rings. The second-order valence-electron chi connectivity index (χ2n) is 6.74. The summed E-state index contributed by atoms with van der Waals surface area (Å²) in [6.45, 7) is 8.35.